The van der Waals surface area contributed by atoms with E-state index in [1.54, 1.807) is 0 Å². The van der Waals surface area contributed by atoms with E-state index in [9.17, 15) is 4.79 Å². The third-order valence-electron chi connectivity index (χ3n) is 3.81. The van der Waals surface area contributed by atoms with E-state index in [1.807, 2.05) is 0 Å². The second-order valence-corrected chi connectivity index (χ2v) is 7.30. The number of esters is 1. The van der Waals surface area contributed by atoms with E-state index in [0.717, 1.165) is 19.6 Å². The molecule has 1 N–H and O–H groups in total. The quantitative estimate of drug-likeness (QED) is 0.760. The van der Waals surface area contributed by atoms with Crippen LogP contribution in [0.15, 0.2) is 0 Å². The Morgan fingerprint density at radius 3 is 2.60 bits per heavy atom. The van der Waals surface area contributed by atoms with E-state index in [1.165, 1.54) is 26.4 Å². The first kappa shape index (κ1) is 17.4. The number of nitrogens with one attached hydrogen (secondary N) is 1. The van der Waals surface area contributed by atoms with Crippen LogP contribution in [0, 0.1) is 11.3 Å². The Hall–Kier alpha value is -0.610. The van der Waals surface area contributed by atoms with Crippen molar-refractivity contribution in [1.29, 1.82) is 0 Å². The average Bonchev–Trinajstić information content (AvgIpc) is 2.35. The molecule has 1 fully saturated rings. The van der Waals surface area contributed by atoms with Crippen molar-refractivity contribution in [3.8, 4) is 0 Å². The molecule has 118 valence electrons. The Labute approximate surface area is 124 Å². The van der Waals surface area contributed by atoms with Crippen LogP contribution in [0.5, 0.6) is 0 Å². The zero-order valence-corrected chi connectivity index (χ0v) is 13.9. The molecule has 1 rings (SSSR count). The van der Waals surface area contributed by atoms with Crippen LogP contribution >= 0.6 is 0 Å². The third-order valence-corrected chi connectivity index (χ3v) is 3.81. The Balaban J connectivity index is 2.53. The Morgan fingerprint density at radius 2 is 2.05 bits per heavy atom. The summed E-state index contributed by atoms with van der Waals surface area (Å²) < 4.78 is 4.80. The zero-order valence-electron chi connectivity index (χ0n) is 13.9. The number of likely N-dealkylation sites (tertiary alicyclic amines) is 1. The van der Waals surface area contributed by atoms with Crippen LogP contribution in [0.4, 0.5) is 0 Å². The Bertz CT molecular complexity index is 299. The van der Waals surface area contributed by atoms with Crippen LogP contribution < -0.4 is 5.32 Å². The molecule has 20 heavy (non-hydrogen) atoms. The summed E-state index contributed by atoms with van der Waals surface area (Å²) in [7, 11) is 1.46. The molecule has 0 aromatic carbocycles. The van der Waals surface area contributed by atoms with Crippen molar-refractivity contribution in [2.75, 3.05) is 33.3 Å². The van der Waals surface area contributed by atoms with Crippen molar-refractivity contribution in [3.05, 3.63) is 0 Å². The minimum atomic E-state index is -0.128. The molecule has 1 aliphatic heterocycles. The van der Waals surface area contributed by atoms with Crippen LogP contribution in [-0.2, 0) is 9.53 Å². The summed E-state index contributed by atoms with van der Waals surface area (Å²) in [6.45, 7) is 12.4. The van der Waals surface area contributed by atoms with Gasteiger partial charge in [-0.1, -0.05) is 34.1 Å². The van der Waals surface area contributed by atoms with Crippen molar-refractivity contribution in [2.45, 2.75) is 53.0 Å². The molecule has 0 aromatic rings. The summed E-state index contributed by atoms with van der Waals surface area (Å²) in [5.74, 6) is 0.563. The van der Waals surface area contributed by atoms with Crippen LogP contribution in [0.1, 0.15) is 47.0 Å². The van der Waals surface area contributed by atoms with E-state index < -0.39 is 0 Å². The number of hydrogen-bond donors (Lipinski definition) is 1. The van der Waals surface area contributed by atoms with Gasteiger partial charge in [-0.3, -0.25) is 9.69 Å². The van der Waals surface area contributed by atoms with E-state index in [4.69, 9.17) is 4.74 Å². The molecule has 0 spiro atoms. The molecule has 4 heteroatoms. The van der Waals surface area contributed by atoms with Crippen molar-refractivity contribution < 1.29 is 9.53 Å². The molecule has 2 atom stereocenters. The first-order chi connectivity index (χ1) is 9.34. The minimum absolute atomic E-state index is 0.128. The van der Waals surface area contributed by atoms with Gasteiger partial charge < -0.3 is 10.1 Å². The van der Waals surface area contributed by atoms with Crippen molar-refractivity contribution in [2.24, 2.45) is 11.3 Å². The lowest BCUT2D eigenvalue weighted by atomic mass is 9.89. The molecular weight excluding hydrogens is 252 g/mol. The highest BCUT2D eigenvalue weighted by Crippen LogP contribution is 2.22. The van der Waals surface area contributed by atoms with Crippen LogP contribution in [0.25, 0.3) is 0 Å². The lowest BCUT2D eigenvalue weighted by Gasteiger charge is -2.38. The smallest absolute Gasteiger partial charge is 0.319 e. The van der Waals surface area contributed by atoms with Crippen molar-refractivity contribution in [3.63, 3.8) is 0 Å². The van der Waals surface area contributed by atoms with Crippen LogP contribution in [0.3, 0.4) is 0 Å². The molecule has 2 unspecified atom stereocenters. The van der Waals surface area contributed by atoms with Crippen molar-refractivity contribution >= 4 is 5.97 Å². The molecule has 0 saturated carbocycles. The summed E-state index contributed by atoms with van der Waals surface area (Å²) in [5, 5.41) is 3.68. The molecule has 0 bridgehead atoms. The van der Waals surface area contributed by atoms with E-state index in [0.29, 0.717) is 23.9 Å². The predicted molar refractivity (Wildman–Crippen MR) is 82.7 cm³/mol. The lowest BCUT2D eigenvalue weighted by Crippen LogP contribution is -2.51. The summed E-state index contributed by atoms with van der Waals surface area (Å²) in [6, 6.07) is 0.490. The number of nitrogens with zero attached hydrogens (tertiary/aromatic N) is 1. The van der Waals surface area contributed by atoms with Gasteiger partial charge in [-0.25, -0.2) is 0 Å². The fourth-order valence-corrected chi connectivity index (χ4v) is 2.89. The van der Waals surface area contributed by atoms with E-state index >= 15 is 0 Å². The monoisotopic (exact) mass is 284 g/mol. The standard InChI is InChI=1S/C16H32N2O2/c1-6-7-13-8-14(17-12-16(2,3)4)10-18(9-13)11-15(19)20-5/h13-14,17H,6-12H2,1-5H3. The lowest BCUT2D eigenvalue weighted by molar-refractivity contribution is -0.142. The second kappa shape index (κ2) is 7.99. The van der Waals surface area contributed by atoms with Gasteiger partial charge in [0.1, 0.15) is 0 Å². The van der Waals surface area contributed by atoms with Crippen LogP contribution in [-0.4, -0.2) is 50.2 Å². The summed E-state index contributed by atoms with van der Waals surface area (Å²) >= 11 is 0. The van der Waals surface area contributed by atoms with Crippen molar-refractivity contribution in [1.82, 2.24) is 10.2 Å². The predicted octanol–water partition coefficient (Wildman–Crippen LogP) is 2.29. The molecule has 0 aromatic heterocycles. The maximum absolute atomic E-state index is 11.5. The number of hydrogen-bond acceptors (Lipinski definition) is 4. The number of piperidine rings is 1. The van der Waals surface area contributed by atoms with Crippen LogP contribution in [0.2, 0.25) is 0 Å². The summed E-state index contributed by atoms with van der Waals surface area (Å²) in [6.07, 6.45) is 3.68. The molecular formula is C16H32N2O2. The molecule has 1 heterocycles. The Morgan fingerprint density at radius 1 is 1.35 bits per heavy atom. The highest BCUT2D eigenvalue weighted by molar-refractivity contribution is 5.71. The molecule has 4 nitrogen and oxygen atoms in total. The van der Waals surface area contributed by atoms with Gasteiger partial charge in [0.15, 0.2) is 0 Å². The molecule has 1 saturated heterocycles. The summed E-state index contributed by atoms with van der Waals surface area (Å²) in [4.78, 5) is 13.7. The highest BCUT2D eigenvalue weighted by Gasteiger charge is 2.28. The van der Waals surface area contributed by atoms with Gasteiger partial charge in [0.05, 0.1) is 13.7 Å². The first-order valence-corrected chi connectivity index (χ1v) is 7.86. The van der Waals surface area contributed by atoms with Gasteiger partial charge in [-0.2, -0.15) is 0 Å². The highest BCUT2D eigenvalue weighted by atomic mass is 16.5. The zero-order chi connectivity index (χ0) is 15.2. The molecule has 0 aliphatic carbocycles. The van der Waals surface area contributed by atoms with Gasteiger partial charge in [0, 0.05) is 25.7 Å². The Kier molecular flexibility index (Phi) is 6.96. The molecule has 1 aliphatic rings. The average molecular weight is 284 g/mol. The molecule has 0 radical (unpaired) electrons. The number of methoxy groups -OCH3 is 1. The maximum Gasteiger partial charge on any atom is 0.319 e. The number of rotatable bonds is 6. The SMILES string of the molecule is CCCC1CC(NCC(C)(C)C)CN(CC(=O)OC)C1. The third kappa shape index (κ3) is 6.71. The normalized spacial score (nSPS) is 24.6. The first-order valence-electron chi connectivity index (χ1n) is 7.86. The maximum atomic E-state index is 11.5. The van der Waals surface area contributed by atoms with Gasteiger partial charge in [-0.05, 0) is 24.2 Å². The fraction of sp³-hybridized carbons (Fsp3) is 0.938. The number of ether oxygens (including phenoxy) is 1. The summed E-state index contributed by atoms with van der Waals surface area (Å²) in [5.41, 5.74) is 0.297. The number of carbonyl (C=O) groups excluding carboxylic acids is 1. The van der Waals surface area contributed by atoms with Gasteiger partial charge in [-0.15, -0.1) is 0 Å². The second-order valence-electron chi connectivity index (χ2n) is 7.30. The van der Waals surface area contributed by atoms with E-state index in [-0.39, 0.29) is 5.97 Å². The number of carbonyl (C=O) groups is 1. The molecule has 0 amide bonds. The van der Waals surface area contributed by atoms with Gasteiger partial charge in [0.25, 0.3) is 0 Å². The minimum Gasteiger partial charge on any atom is -0.468 e. The van der Waals surface area contributed by atoms with Gasteiger partial charge in [0.2, 0.25) is 0 Å². The topological polar surface area (TPSA) is 41.6 Å². The van der Waals surface area contributed by atoms with Gasteiger partial charge >= 0.3 is 5.97 Å². The fourth-order valence-electron chi connectivity index (χ4n) is 2.89. The largest absolute Gasteiger partial charge is 0.468 e. The van der Waals surface area contributed by atoms with E-state index in [2.05, 4.69) is 37.9 Å².